The zero-order valence-electron chi connectivity index (χ0n) is 9.76. The van der Waals surface area contributed by atoms with Gasteiger partial charge in [-0.1, -0.05) is 12.2 Å². The Morgan fingerprint density at radius 2 is 2.00 bits per heavy atom. The molecule has 6 nitrogen and oxygen atoms in total. The number of nitrogens with one attached hydrogen (secondary N) is 1. The van der Waals surface area contributed by atoms with Crippen LogP contribution in [-0.2, 0) is 9.53 Å². The van der Waals surface area contributed by atoms with Gasteiger partial charge >= 0.3 is 0 Å². The van der Waals surface area contributed by atoms with Crippen molar-refractivity contribution < 1.29 is 9.53 Å². The number of aromatic nitrogens is 2. The Morgan fingerprint density at radius 3 is 2.56 bits per heavy atom. The van der Waals surface area contributed by atoms with Crippen molar-refractivity contribution in [3.63, 3.8) is 0 Å². The molecule has 18 heavy (non-hydrogen) atoms. The molecule has 1 aliphatic heterocycles. The highest BCUT2D eigenvalue weighted by Gasteiger charge is 2.43. The van der Waals surface area contributed by atoms with Crippen LogP contribution in [0.1, 0.15) is 12.8 Å². The number of anilines is 1. The molecule has 0 bridgehead atoms. The molecule has 0 radical (unpaired) electrons. The quantitative estimate of drug-likeness (QED) is 0.774. The highest BCUT2D eigenvalue weighted by molar-refractivity contribution is 7.80. The molecule has 3 N–H and O–H groups in total. The molecule has 96 valence electrons. The number of rotatable bonds is 3. The largest absolute Gasteiger partial charge is 0.392 e. The van der Waals surface area contributed by atoms with Crippen LogP contribution in [0.3, 0.4) is 0 Å². The SMILES string of the molecule is NC(=S)C1(C(=O)Nc2cncnc2)CCOCC1. The number of ether oxygens (including phenoxy) is 1. The Balaban J connectivity index is 2.16. The van der Waals surface area contributed by atoms with Gasteiger partial charge in [-0.05, 0) is 12.8 Å². The summed E-state index contributed by atoms with van der Waals surface area (Å²) < 4.78 is 5.26. The topological polar surface area (TPSA) is 90.1 Å². The van der Waals surface area contributed by atoms with E-state index in [1.54, 1.807) is 0 Å². The highest BCUT2D eigenvalue weighted by Crippen LogP contribution is 2.32. The first-order valence-electron chi connectivity index (χ1n) is 5.59. The molecule has 1 saturated heterocycles. The van der Waals surface area contributed by atoms with E-state index < -0.39 is 5.41 Å². The van der Waals surface area contributed by atoms with E-state index in [4.69, 9.17) is 22.7 Å². The van der Waals surface area contributed by atoms with Crippen LogP contribution >= 0.6 is 12.2 Å². The molecule has 7 heteroatoms. The maximum atomic E-state index is 12.3. The second-order valence-corrected chi connectivity index (χ2v) is 4.58. The molecule has 0 aliphatic carbocycles. The number of amides is 1. The van der Waals surface area contributed by atoms with E-state index >= 15 is 0 Å². The van der Waals surface area contributed by atoms with Gasteiger partial charge in [-0.2, -0.15) is 0 Å². The fourth-order valence-corrected chi connectivity index (χ4v) is 2.22. The third-order valence-electron chi connectivity index (χ3n) is 3.07. The van der Waals surface area contributed by atoms with Crippen LogP contribution in [0, 0.1) is 5.41 Å². The number of thiocarbonyl (C=S) groups is 1. The van der Waals surface area contributed by atoms with E-state index in [0.717, 1.165) is 0 Å². The molecule has 2 heterocycles. The first kappa shape index (κ1) is 12.8. The lowest BCUT2D eigenvalue weighted by Crippen LogP contribution is -2.49. The Bertz CT molecular complexity index is 446. The first-order chi connectivity index (χ1) is 8.65. The first-order valence-corrected chi connectivity index (χ1v) is 6.00. The van der Waals surface area contributed by atoms with Crippen molar-refractivity contribution in [1.82, 2.24) is 9.97 Å². The lowest BCUT2D eigenvalue weighted by Gasteiger charge is -2.34. The molecule has 1 aromatic heterocycles. The minimum Gasteiger partial charge on any atom is -0.392 e. The predicted octanol–water partition coefficient (Wildman–Crippen LogP) is 0.498. The van der Waals surface area contributed by atoms with Gasteiger partial charge in [-0.15, -0.1) is 0 Å². The van der Waals surface area contributed by atoms with Crippen molar-refractivity contribution in [1.29, 1.82) is 0 Å². The van der Waals surface area contributed by atoms with Gasteiger partial charge in [0.25, 0.3) is 0 Å². The summed E-state index contributed by atoms with van der Waals surface area (Å²) in [5.41, 5.74) is 5.44. The van der Waals surface area contributed by atoms with Crippen LogP contribution in [0.5, 0.6) is 0 Å². The lowest BCUT2D eigenvalue weighted by molar-refractivity contribution is -0.126. The second-order valence-electron chi connectivity index (χ2n) is 4.14. The van der Waals surface area contributed by atoms with Crippen LogP contribution in [0.15, 0.2) is 18.7 Å². The Labute approximate surface area is 110 Å². The number of nitrogens with zero attached hydrogens (tertiary/aromatic N) is 2. The summed E-state index contributed by atoms with van der Waals surface area (Å²) in [6.45, 7) is 0.964. The molecule has 0 saturated carbocycles. The van der Waals surface area contributed by atoms with Gasteiger partial charge in [0.2, 0.25) is 5.91 Å². The molecule has 0 aromatic carbocycles. The molecule has 0 spiro atoms. The number of nitrogens with two attached hydrogens (primary N) is 1. The fourth-order valence-electron chi connectivity index (χ4n) is 1.92. The summed E-state index contributed by atoms with van der Waals surface area (Å²) in [6, 6.07) is 0. The van der Waals surface area contributed by atoms with Gasteiger partial charge in [0.1, 0.15) is 11.7 Å². The van der Waals surface area contributed by atoms with Crippen LogP contribution in [-0.4, -0.2) is 34.1 Å². The summed E-state index contributed by atoms with van der Waals surface area (Å²) in [5.74, 6) is -0.215. The van der Waals surface area contributed by atoms with Gasteiger partial charge in [0.05, 0.1) is 23.1 Å². The van der Waals surface area contributed by atoms with Gasteiger partial charge in [-0.3, -0.25) is 4.79 Å². The minimum atomic E-state index is -0.830. The average molecular weight is 266 g/mol. The molecule has 1 aromatic rings. The Morgan fingerprint density at radius 1 is 1.39 bits per heavy atom. The Kier molecular flexibility index (Phi) is 3.83. The number of hydrogen-bond acceptors (Lipinski definition) is 5. The zero-order valence-corrected chi connectivity index (χ0v) is 10.6. The van der Waals surface area contributed by atoms with Crippen molar-refractivity contribution in [3.8, 4) is 0 Å². The molecule has 1 fully saturated rings. The molecule has 2 rings (SSSR count). The van der Waals surface area contributed by atoms with E-state index in [0.29, 0.717) is 31.7 Å². The lowest BCUT2D eigenvalue weighted by atomic mass is 9.79. The number of carbonyl (C=O) groups excluding carboxylic acids is 1. The van der Waals surface area contributed by atoms with Crippen LogP contribution in [0.4, 0.5) is 5.69 Å². The summed E-state index contributed by atoms with van der Waals surface area (Å²) in [5, 5.41) is 2.75. The summed E-state index contributed by atoms with van der Waals surface area (Å²) in [6.07, 6.45) is 5.45. The normalized spacial score (nSPS) is 18.0. The van der Waals surface area contributed by atoms with E-state index in [2.05, 4.69) is 15.3 Å². The summed E-state index contributed by atoms with van der Waals surface area (Å²) >= 11 is 5.05. The zero-order chi connectivity index (χ0) is 13.0. The third kappa shape index (κ3) is 2.46. The van der Waals surface area contributed by atoms with Crippen LogP contribution < -0.4 is 11.1 Å². The standard InChI is InChI=1S/C11H14N4O2S/c12-9(18)11(1-3-17-4-2-11)10(16)15-8-5-13-7-14-6-8/h5-7H,1-4H2,(H2,12,18)(H,15,16). The van der Waals surface area contributed by atoms with E-state index in [1.165, 1.54) is 18.7 Å². The predicted molar refractivity (Wildman–Crippen MR) is 69.9 cm³/mol. The van der Waals surface area contributed by atoms with E-state index in [-0.39, 0.29) is 10.9 Å². The third-order valence-corrected chi connectivity index (χ3v) is 3.46. The van der Waals surface area contributed by atoms with Crippen molar-refractivity contribution in [3.05, 3.63) is 18.7 Å². The van der Waals surface area contributed by atoms with Crippen LogP contribution in [0.25, 0.3) is 0 Å². The molecule has 1 aliphatic rings. The highest BCUT2D eigenvalue weighted by atomic mass is 32.1. The van der Waals surface area contributed by atoms with Gasteiger partial charge in [0.15, 0.2) is 0 Å². The van der Waals surface area contributed by atoms with Crippen molar-refractivity contribution >= 4 is 28.8 Å². The fraction of sp³-hybridized carbons (Fsp3) is 0.455. The Hall–Kier alpha value is -1.60. The summed E-state index contributed by atoms with van der Waals surface area (Å²) in [7, 11) is 0. The van der Waals surface area contributed by atoms with Crippen molar-refractivity contribution in [2.45, 2.75) is 12.8 Å². The number of hydrogen-bond donors (Lipinski definition) is 2. The smallest absolute Gasteiger partial charge is 0.237 e. The van der Waals surface area contributed by atoms with Crippen LogP contribution in [0.2, 0.25) is 0 Å². The van der Waals surface area contributed by atoms with Crippen molar-refractivity contribution in [2.75, 3.05) is 18.5 Å². The van der Waals surface area contributed by atoms with E-state index in [1.807, 2.05) is 0 Å². The maximum absolute atomic E-state index is 12.3. The maximum Gasteiger partial charge on any atom is 0.237 e. The van der Waals surface area contributed by atoms with Gasteiger partial charge in [-0.25, -0.2) is 9.97 Å². The summed E-state index contributed by atoms with van der Waals surface area (Å²) in [4.78, 5) is 20.2. The van der Waals surface area contributed by atoms with Crippen molar-refractivity contribution in [2.24, 2.45) is 11.1 Å². The molecular weight excluding hydrogens is 252 g/mol. The minimum absolute atomic E-state index is 0.208. The van der Waals surface area contributed by atoms with E-state index in [9.17, 15) is 4.79 Å². The average Bonchev–Trinajstić information content (AvgIpc) is 2.40. The van der Waals surface area contributed by atoms with Gasteiger partial charge < -0.3 is 15.8 Å². The van der Waals surface area contributed by atoms with Gasteiger partial charge in [0, 0.05) is 13.2 Å². The molecular formula is C11H14N4O2S. The molecule has 0 unspecified atom stereocenters. The molecule has 1 amide bonds. The molecule has 0 atom stereocenters. The monoisotopic (exact) mass is 266 g/mol. The second kappa shape index (κ2) is 5.36. The number of carbonyl (C=O) groups is 1.